The van der Waals surface area contributed by atoms with Crippen LogP contribution in [-0.2, 0) is 7.05 Å². The summed E-state index contributed by atoms with van der Waals surface area (Å²) in [7, 11) is 1.83. The number of carbonyl (C=O) groups excluding carboxylic acids is 1. The fraction of sp³-hybridized carbons (Fsp3) is 0.583. The maximum absolute atomic E-state index is 12.0. The monoisotopic (exact) mass is 255 g/mol. The molecule has 1 aromatic rings. The van der Waals surface area contributed by atoms with Gasteiger partial charge in [0.15, 0.2) is 0 Å². The SMILES string of the molecule is Cn1cc(Cl)cc1C(=O)NC1CCCCNC1. The standard InChI is InChI=1S/C12H18ClN3O/c1-16-8-9(13)6-11(16)12(17)15-10-4-2-3-5-14-7-10/h6,8,10,14H,2-5,7H2,1H3,(H,15,17). The van der Waals surface area contributed by atoms with Crippen LogP contribution in [0.15, 0.2) is 12.3 Å². The minimum atomic E-state index is -0.0481. The number of halogens is 1. The average Bonchev–Trinajstić information content (AvgIpc) is 2.51. The zero-order valence-electron chi connectivity index (χ0n) is 10.0. The molecule has 17 heavy (non-hydrogen) atoms. The lowest BCUT2D eigenvalue weighted by molar-refractivity contribution is 0.0927. The van der Waals surface area contributed by atoms with Crippen LogP contribution in [0.5, 0.6) is 0 Å². The lowest BCUT2D eigenvalue weighted by Crippen LogP contribution is -2.41. The van der Waals surface area contributed by atoms with Gasteiger partial charge in [-0.05, 0) is 25.5 Å². The van der Waals surface area contributed by atoms with Gasteiger partial charge in [0.1, 0.15) is 5.69 Å². The van der Waals surface area contributed by atoms with Crippen molar-refractivity contribution in [2.75, 3.05) is 13.1 Å². The van der Waals surface area contributed by atoms with E-state index in [0.29, 0.717) is 10.7 Å². The van der Waals surface area contributed by atoms with Crippen LogP contribution in [0.25, 0.3) is 0 Å². The van der Waals surface area contributed by atoms with E-state index in [-0.39, 0.29) is 11.9 Å². The molecular weight excluding hydrogens is 238 g/mol. The molecule has 0 spiro atoms. The Kier molecular flexibility index (Phi) is 4.07. The fourth-order valence-corrected chi connectivity index (χ4v) is 2.40. The van der Waals surface area contributed by atoms with Gasteiger partial charge in [-0.1, -0.05) is 18.0 Å². The van der Waals surface area contributed by atoms with Crippen LogP contribution in [-0.4, -0.2) is 29.6 Å². The highest BCUT2D eigenvalue weighted by Crippen LogP contribution is 2.13. The minimum Gasteiger partial charge on any atom is -0.347 e. The molecule has 0 bridgehead atoms. The molecule has 0 radical (unpaired) electrons. The Morgan fingerprint density at radius 3 is 3.12 bits per heavy atom. The summed E-state index contributed by atoms with van der Waals surface area (Å²) in [6.07, 6.45) is 5.12. The van der Waals surface area contributed by atoms with E-state index >= 15 is 0 Å². The molecule has 1 fully saturated rings. The van der Waals surface area contributed by atoms with Crippen molar-refractivity contribution in [1.29, 1.82) is 0 Å². The summed E-state index contributed by atoms with van der Waals surface area (Å²) in [6, 6.07) is 1.92. The molecule has 2 heterocycles. The van der Waals surface area contributed by atoms with E-state index in [9.17, 15) is 4.79 Å². The molecule has 0 aliphatic carbocycles. The number of nitrogens with zero attached hydrogens (tertiary/aromatic N) is 1. The van der Waals surface area contributed by atoms with Crippen molar-refractivity contribution in [2.24, 2.45) is 7.05 Å². The molecule has 1 atom stereocenters. The summed E-state index contributed by atoms with van der Waals surface area (Å²) in [6.45, 7) is 1.90. The van der Waals surface area contributed by atoms with Crippen LogP contribution >= 0.6 is 11.6 Å². The zero-order chi connectivity index (χ0) is 12.3. The van der Waals surface area contributed by atoms with E-state index in [1.54, 1.807) is 16.8 Å². The van der Waals surface area contributed by atoms with E-state index < -0.39 is 0 Å². The normalized spacial score (nSPS) is 20.9. The molecule has 94 valence electrons. The molecule has 0 saturated carbocycles. The molecule has 1 unspecified atom stereocenters. The molecule has 4 nitrogen and oxygen atoms in total. The first-order valence-corrected chi connectivity index (χ1v) is 6.38. The number of aromatic nitrogens is 1. The third-order valence-corrected chi connectivity index (χ3v) is 3.29. The summed E-state index contributed by atoms with van der Waals surface area (Å²) >= 11 is 5.87. The van der Waals surface area contributed by atoms with Gasteiger partial charge in [-0.3, -0.25) is 4.79 Å². The minimum absolute atomic E-state index is 0.0481. The maximum Gasteiger partial charge on any atom is 0.268 e. The molecule has 1 aromatic heterocycles. The van der Waals surface area contributed by atoms with Crippen LogP contribution in [0.4, 0.5) is 0 Å². The van der Waals surface area contributed by atoms with Crippen molar-refractivity contribution in [1.82, 2.24) is 15.2 Å². The number of amides is 1. The maximum atomic E-state index is 12.0. The Balaban J connectivity index is 1.98. The molecule has 0 aromatic carbocycles. The van der Waals surface area contributed by atoms with Crippen LogP contribution in [0.2, 0.25) is 5.02 Å². The Morgan fingerprint density at radius 1 is 1.59 bits per heavy atom. The van der Waals surface area contributed by atoms with Gasteiger partial charge in [0, 0.05) is 25.8 Å². The highest BCUT2D eigenvalue weighted by Gasteiger charge is 2.17. The van der Waals surface area contributed by atoms with Crippen molar-refractivity contribution in [3.63, 3.8) is 0 Å². The second kappa shape index (κ2) is 5.56. The van der Waals surface area contributed by atoms with Crippen LogP contribution in [0.1, 0.15) is 29.8 Å². The third-order valence-electron chi connectivity index (χ3n) is 3.09. The third kappa shape index (κ3) is 3.23. The molecule has 2 rings (SSSR count). The molecular formula is C12H18ClN3O. The van der Waals surface area contributed by atoms with Crippen LogP contribution < -0.4 is 10.6 Å². The first-order valence-electron chi connectivity index (χ1n) is 6.00. The Bertz CT molecular complexity index is 394. The Labute approximate surface area is 106 Å². The van der Waals surface area contributed by atoms with Gasteiger partial charge in [0.25, 0.3) is 5.91 Å². The lowest BCUT2D eigenvalue weighted by atomic mass is 10.1. The van der Waals surface area contributed by atoms with Crippen molar-refractivity contribution in [2.45, 2.75) is 25.3 Å². The van der Waals surface area contributed by atoms with Gasteiger partial charge in [0.05, 0.1) is 5.02 Å². The van der Waals surface area contributed by atoms with Gasteiger partial charge in [-0.25, -0.2) is 0 Å². The Hall–Kier alpha value is -1.00. The van der Waals surface area contributed by atoms with E-state index in [1.165, 1.54) is 6.42 Å². The molecule has 5 heteroatoms. The molecule has 1 aliphatic rings. The number of carbonyl (C=O) groups is 1. The van der Waals surface area contributed by atoms with Crippen molar-refractivity contribution >= 4 is 17.5 Å². The quantitative estimate of drug-likeness (QED) is 0.842. The second-order valence-corrected chi connectivity index (χ2v) is 4.96. The first kappa shape index (κ1) is 12.5. The summed E-state index contributed by atoms with van der Waals surface area (Å²) in [5, 5.41) is 6.97. The highest BCUT2D eigenvalue weighted by atomic mass is 35.5. The smallest absolute Gasteiger partial charge is 0.268 e. The molecule has 1 saturated heterocycles. The van der Waals surface area contributed by atoms with Gasteiger partial charge in [-0.15, -0.1) is 0 Å². The lowest BCUT2D eigenvalue weighted by Gasteiger charge is -2.16. The Morgan fingerprint density at radius 2 is 2.41 bits per heavy atom. The number of hydrogen-bond donors (Lipinski definition) is 2. The van der Waals surface area contributed by atoms with E-state index in [1.807, 2.05) is 7.05 Å². The van der Waals surface area contributed by atoms with Crippen molar-refractivity contribution < 1.29 is 4.79 Å². The summed E-state index contributed by atoms with van der Waals surface area (Å²) in [5.41, 5.74) is 0.610. The topological polar surface area (TPSA) is 46.1 Å². The second-order valence-electron chi connectivity index (χ2n) is 4.52. The van der Waals surface area contributed by atoms with Crippen LogP contribution in [0.3, 0.4) is 0 Å². The number of nitrogens with one attached hydrogen (secondary N) is 2. The van der Waals surface area contributed by atoms with Crippen LogP contribution in [0, 0.1) is 0 Å². The van der Waals surface area contributed by atoms with E-state index in [0.717, 1.165) is 25.9 Å². The largest absolute Gasteiger partial charge is 0.347 e. The molecule has 1 aliphatic heterocycles. The summed E-state index contributed by atoms with van der Waals surface area (Å²) in [5.74, 6) is -0.0481. The zero-order valence-corrected chi connectivity index (χ0v) is 10.8. The molecule has 2 N–H and O–H groups in total. The predicted octanol–water partition coefficient (Wildman–Crippen LogP) is 1.55. The number of rotatable bonds is 2. The first-order chi connectivity index (χ1) is 8.16. The van der Waals surface area contributed by atoms with Gasteiger partial charge in [0.2, 0.25) is 0 Å². The molecule has 1 amide bonds. The average molecular weight is 256 g/mol. The van der Waals surface area contributed by atoms with E-state index in [4.69, 9.17) is 11.6 Å². The summed E-state index contributed by atoms with van der Waals surface area (Å²) < 4.78 is 1.75. The predicted molar refractivity (Wildman–Crippen MR) is 68.4 cm³/mol. The summed E-state index contributed by atoms with van der Waals surface area (Å²) in [4.78, 5) is 12.0. The van der Waals surface area contributed by atoms with Gasteiger partial charge >= 0.3 is 0 Å². The number of aryl methyl sites for hydroxylation is 1. The van der Waals surface area contributed by atoms with Gasteiger partial charge < -0.3 is 15.2 Å². The van der Waals surface area contributed by atoms with Crippen molar-refractivity contribution in [3.05, 3.63) is 23.0 Å². The van der Waals surface area contributed by atoms with Crippen molar-refractivity contribution in [3.8, 4) is 0 Å². The van der Waals surface area contributed by atoms with Gasteiger partial charge in [-0.2, -0.15) is 0 Å². The fourth-order valence-electron chi connectivity index (χ4n) is 2.15. The highest BCUT2D eigenvalue weighted by molar-refractivity contribution is 6.31. The number of hydrogen-bond acceptors (Lipinski definition) is 2. The van der Waals surface area contributed by atoms with E-state index in [2.05, 4.69) is 10.6 Å².